The Labute approximate surface area is 135 Å². The van der Waals surface area contributed by atoms with Gasteiger partial charge < -0.3 is 9.47 Å². The first-order chi connectivity index (χ1) is 10.8. The Bertz CT molecular complexity index is 782. The molecule has 0 saturated heterocycles. The molecule has 2 heterocycles. The Kier molecular flexibility index (Phi) is 3.32. The maximum atomic E-state index is 12.7. The molecule has 0 fully saturated rings. The zero-order chi connectivity index (χ0) is 16.9. The van der Waals surface area contributed by atoms with Crippen LogP contribution >= 0.6 is 0 Å². The monoisotopic (exact) mass is 313 g/mol. The number of imide groups is 1. The molecule has 23 heavy (non-hydrogen) atoms. The molecule has 0 atom stereocenters. The van der Waals surface area contributed by atoms with Crippen molar-refractivity contribution in [1.29, 1.82) is 0 Å². The lowest BCUT2D eigenvalue weighted by atomic mass is 9.96. The summed E-state index contributed by atoms with van der Waals surface area (Å²) in [6.45, 7) is 7.61. The van der Waals surface area contributed by atoms with Crippen molar-refractivity contribution < 1.29 is 19.1 Å². The van der Waals surface area contributed by atoms with Crippen LogP contribution in [0.4, 0.5) is 10.5 Å². The average molecular weight is 313 g/mol. The highest BCUT2D eigenvalue weighted by molar-refractivity contribution is 6.40. The minimum Gasteiger partial charge on any atom is -0.483 e. The molecule has 0 aliphatic carbocycles. The van der Waals surface area contributed by atoms with Gasteiger partial charge in [0.25, 0.3) is 5.91 Å². The molecule has 0 N–H and O–H groups in total. The number of rotatable bonds is 0. The van der Waals surface area contributed by atoms with Crippen molar-refractivity contribution in [2.45, 2.75) is 33.3 Å². The fraction of sp³-hybridized carbons (Fsp3) is 0.333. The zero-order valence-corrected chi connectivity index (χ0v) is 13.9. The molecule has 2 aliphatic rings. The van der Waals surface area contributed by atoms with Gasteiger partial charge in [0.1, 0.15) is 11.4 Å². The summed E-state index contributed by atoms with van der Waals surface area (Å²) in [4.78, 5) is 26.0. The van der Waals surface area contributed by atoms with Crippen LogP contribution < -0.4 is 9.64 Å². The normalized spacial score (nSPS) is 17.5. The number of methoxy groups -OCH3 is 1. The highest BCUT2D eigenvalue weighted by Crippen LogP contribution is 2.47. The molecule has 2 aliphatic heterocycles. The molecule has 1 aromatic rings. The lowest BCUT2D eigenvalue weighted by Crippen LogP contribution is -2.34. The molecule has 5 heteroatoms. The van der Waals surface area contributed by atoms with Gasteiger partial charge in [0.2, 0.25) is 0 Å². The summed E-state index contributed by atoms with van der Waals surface area (Å²) < 4.78 is 10.7. The fourth-order valence-electron chi connectivity index (χ4n) is 2.96. The summed E-state index contributed by atoms with van der Waals surface area (Å²) in [5, 5.41) is 0. The molecular formula is C18H19NO4. The molecule has 0 unspecified atom stereocenters. The topological polar surface area (TPSA) is 55.8 Å². The largest absolute Gasteiger partial charge is 0.483 e. The highest BCUT2D eigenvalue weighted by Gasteiger charge is 2.41. The molecule has 2 amide bonds. The van der Waals surface area contributed by atoms with E-state index in [9.17, 15) is 9.59 Å². The van der Waals surface area contributed by atoms with Gasteiger partial charge in [-0.2, -0.15) is 0 Å². The van der Waals surface area contributed by atoms with Crippen LogP contribution in [0.2, 0.25) is 0 Å². The minimum absolute atomic E-state index is 0.363. The number of fused-ring (bicyclic) bond motifs is 3. The Balaban J connectivity index is 2.30. The summed E-state index contributed by atoms with van der Waals surface area (Å²) in [6, 6.07) is 3.67. The Morgan fingerprint density at radius 3 is 2.57 bits per heavy atom. The number of carbonyl (C=O) groups is 2. The van der Waals surface area contributed by atoms with E-state index in [4.69, 9.17) is 9.47 Å². The predicted molar refractivity (Wildman–Crippen MR) is 88.3 cm³/mol. The van der Waals surface area contributed by atoms with Crippen molar-refractivity contribution in [3.63, 3.8) is 0 Å². The molecule has 0 radical (unpaired) electrons. The SMILES string of the molecule is COC(=O)N1C(=O)C(=C(C)C)c2ccc3c(c21)C=CC(C)(C)O3. The fourth-order valence-corrected chi connectivity index (χ4v) is 2.96. The van der Waals surface area contributed by atoms with Crippen LogP contribution in [0.1, 0.15) is 38.8 Å². The molecule has 3 rings (SSSR count). The van der Waals surface area contributed by atoms with Crippen LogP contribution in [0.15, 0.2) is 23.8 Å². The first-order valence-electron chi connectivity index (χ1n) is 7.42. The van der Waals surface area contributed by atoms with Crippen LogP contribution in [0.25, 0.3) is 11.6 Å². The summed E-state index contributed by atoms with van der Waals surface area (Å²) in [6.07, 6.45) is 3.12. The summed E-state index contributed by atoms with van der Waals surface area (Å²) in [5.74, 6) is 0.284. The van der Waals surface area contributed by atoms with Gasteiger partial charge in [-0.25, -0.2) is 9.69 Å². The molecule has 0 saturated carbocycles. The molecular weight excluding hydrogens is 294 g/mol. The van der Waals surface area contributed by atoms with Gasteiger partial charge in [0.15, 0.2) is 0 Å². The summed E-state index contributed by atoms with van der Waals surface area (Å²) >= 11 is 0. The average Bonchev–Trinajstić information content (AvgIpc) is 2.77. The van der Waals surface area contributed by atoms with Crippen LogP contribution in [-0.4, -0.2) is 24.7 Å². The van der Waals surface area contributed by atoms with E-state index in [0.717, 1.165) is 21.6 Å². The molecule has 0 spiro atoms. The van der Waals surface area contributed by atoms with Crippen molar-refractivity contribution in [3.05, 3.63) is 34.9 Å². The lowest BCUT2D eigenvalue weighted by molar-refractivity contribution is -0.112. The summed E-state index contributed by atoms with van der Waals surface area (Å²) in [5.41, 5.74) is 2.93. The number of amides is 2. The molecule has 5 nitrogen and oxygen atoms in total. The van der Waals surface area contributed by atoms with Crippen LogP contribution in [0.5, 0.6) is 5.75 Å². The number of allylic oxidation sites excluding steroid dienone is 1. The van der Waals surface area contributed by atoms with E-state index >= 15 is 0 Å². The first-order valence-corrected chi connectivity index (χ1v) is 7.42. The Hall–Kier alpha value is -2.56. The standard InChI is InChI=1S/C18H19NO4/c1-10(2)14-12-6-7-13-11(8-9-18(3,4)23-13)15(12)19(16(14)20)17(21)22-5/h6-9H,1-5H3. The van der Waals surface area contributed by atoms with E-state index < -0.39 is 11.7 Å². The Morgan fingerprint density at radius 2 is 1.96 bits per heavy atom. The van der Waals surface area contributed by atoms with E-state index in [1.807, 2.05) is 52.0 Å². The van der Waals surface area contributed by atoms with E-state index in [0.29, 0.717) is 17.0 Å². The van der Waals surface area contributed by atoms with Crippen molar-refractivity contribution in [3.8, 4) is 5.75 Å². The number of hydrogen-bond donors (Lipinski definition) is 0. The van der Waals surface area contributed by atoms with Gasteiger partial charge in [-0.1, -0.05) is 5.57 Å². The Morgan fingerprint density at radius 1 is 1.26 bits per heavy atom. The predicted octanol–water partition coefficient (Wildman–Crippen LogP) is 3.78. The molecule has 1 aromatic carbocycles. The third kappa shape index (κ3) is 2.23. The maximum absolute atomic E-state index is 12.7. The summed E-state index contributed by atoms with van der Waals surface area (Å²) in [7, 11) is 1.26. The van der Waals surface area contributed by atoms with E-state index in [1.54, 1.807) is 0 Å². The van der Waals surface area contributed by atoms with Crippen molar-refractivity contribution >= 4 is 29.3 Å². The lowest BCUT2D eigenvalue weighted by Gasteiger charge is -2.29. The molecule has 0 bridgehead atoms. The number of benzene rings is 1. The smallest absolute Gasteiger partial charge is 0.421 e. The van der Waals surface area contributed by atoms with Gasteiger partial charge in [-0.05, 0) is 52.0 Å². The van der Waals surface area contributed by atoms with Crippen LogP contribution in [0, 0.1) is 0 Å². The first kappa shape index (κ1) is 15.3. The van der Waals surface area contributed by atoms with E-state index in [2.05, 4.69) is 0 Å². The molecule has 120 valence electrons. The highest BCUT2D eigenvalue weighted by atomic mass is 16.5. The third-order valence-electron chi connectivity index (χ3n) is 3.97. The second-order valence-electron chi connectivity index (χ2n) is 6.40. The quantitative estimate of drug-likeness (QED) is 0.684. The molecule has 0 aromatic heterocycles. The number of anilines is 1. The number of hydrogen-bond acceptors (Lipinski definition) is 4. The van der Waals surface area contributed by atoms with Crippen molar-refractivity contribution in [2.24, 2.45) is 0 Å². The number of ether oxygens (including phenoxy) is 2. The van der Waals surface area contributed by atoms with Crippen molar-refractivity contribution in [2.75, 3.05) is 12.0 Å². The number of nitrogens with zero attached hydrogens (tertiary/aromatic N) is 1. The second-order valence-corrected chi connectivity index (χ2v) is 6.40. The van der Waals surface area contributed by atoms with Gasteiger partial charge in [0.05, 0.1) is 12.8 Å². The van der Waals surface area contributed by atoms with Crippen LogP contribution in [-0.2, 0) is 9.53 Å². The third-order valence-corrected chi connectivity index (χ3v) is 3.97. The van der Waals surface area contributed by atoms with Crippen molar-refractivity contribution in [1.82, 2.24) is 0 Å². The van der Waals surface area contributed by atoms with Gasteiger partial charge in [-0.3, -0.25) is 4.79 Å². The van der Waals surface area contributed by atoms with Gasteiger partial charge in [0, 0.05) is 16.7 Å². The minimum atomic E-state index is -0.695. The number of carbonyl (C=O) groups excluding carboxylic acids is 2. The van der Waals surface area contributed by atoms with Gasteiger partial charge in [-0.15, -0.1) is 0 Å². The van der Waals surface area contributed by atoms with E-state index in [-0.39, 0.29) is 5.91 Å². The second kappa shape index (κ2) is 4.98. The zero-order valence-electron chi connectivity index (χ0n) is 13.9. The maximum Gasteiger partial charge on any atom is 0.421 e. The van der Waals surface area contributed by atoms with Gasteiger partial charge >= 0.3 is 6.09 Å². The van der Waals surface area contributed by atoms with E-state index in [1.165, 1.54) is 7.11 Å². The van der Waals surface area contributed by atoms with Crippen LogP contribution in [0.3, 0.4) is 0 Å².